The Morgan fingerprint density at radius 3 is 2.11 bits per heavy atom. The zero-order chi connectivity index (χ0) is 27.8. The van der Waals surface area contributed by atoms with E-state index in [1.807, 2.05) is 66.7 Å². The minimum Gasteiger partial charge on any atom is -0.444 e. The number of hydrogen-bond acceptors (Lipinski definition) is 4. The van der Waals surface area contributed by atoms with Crippen LogP contribution in [0.4, 0.5) is 4.79 Å². The van der Waals surface area contributed by atoms with Crippen LogP contribution in [-0.2, 0) is 14.3 Å². The van der Waals surface area contributed by atoms with Crippen LogP contribution in [0.2, 0.25) is 0 Å². The largest absolute Gasteiger partial charge is 0.444 e. The van der Waals surface area contributed by atoms with Crippen LogP contribution >= 0.6 is 0 Å². The Balaban J connectivity index is 3.60. The van der Waals surface area contributed by atoms with Gasteiger partial charge in [-0.3, -0.25) is 9.59 Å². The highest BCUT2D eigenvalue weighted by molar-refractivity contribution is 5.92. The van der Waals surface area contributed by atoms with E-state index in [2.05, 4.69) is 17.6 Å². The zero-order valence-corrected chi connectivity index (χ0v) is 24.4. The molecule has 36 heavy (non-hydrogen) atoms. The van der Waals surface area contributed by atoms with Crippen molar-refractivity contribution in [3.05, 3.63) is 34.9 Å². The maximum Gasteiger partial charge on any atom is 0.408 e. The number of benzene rings is 1. The summed E-state index contributed by atoms with van der Waals surface area (Å²) in [7, 11) is 0. The Hall–Kier alpha value is -2.57. The molecule has 0 radical (unpaired) electrons. The number of ether oxygens (including phenoxy) is 1. The molecule has 7 nitrogen and oxygen atoms in total. The molecule has 0 fully saturated rings. The Kier molecular flexibility index (Phi) is 11.5. The number of rotatable bonds is 10. The van der Waals surface area contributed by atoms with E-state index >= 15 is 0 Å². The molecule has 1 aromatic carbocycles. The van der Waals surface area contributed by atoms with Crippen molar-refractivity contribution in [3.63, 3.8) is 0 Å². The molecule has 0 aromatic heterocycles. The van der Waals surface area contributed by atoms with Gasteiger partial charge in [0.2, 0.25) is 11.8 Å². The van der Waals surface area contributed by atoms with Gasteiger partial charge in [0.25, 0.3) is 0 Å². The van der Waals surface area contributed by atoms with E-state index in [0.29, 0.717) is 13.0 Å². The number of unbranched alkanes of at least 4 members (excludes halogenated alkanes) is 1. The Labute approximate surface area is 218 Å². The zero-order valence-electron chi connectivity index (χ0n) is 24.4. The van der Waals surface area contributed by atoms with Crippen molar-refractivity contribution in [2.45, 2.75) is 119 Å². The molecule has 0 spiro atoms. The number of nitrogens with zero attached hydrogens (tertiary/aromatic N) is 1. The molecule has 0 saturated carbocycles. The quantitative estimate of drug-likeness (QED) is 0.421. The molecule has 2 N–H and O–H groups in total. The van der Waals surface area contributed by atoms with Crippen LogP contribution < -0.4 is 10.6 Å². The minimum absolute atomic E-state index is 0.153. The van der Waals surface area contributed by atoms with Crippen molar-refractivity contribution in [3.8, 4) is 0 Å². The summed E-state index contributed by atoms with van der Waals surface area (Å²) < 4.78 is 5.46. The summed E-state index contributed by atoms with van der Waals surface area (Å²) in [4.78, 5) is 42.3. The highest BCUT2D eigenvalue weighted by atomic mass is 16.6. The summed E-state index contributed by atoms with van der Waals surface area (Å²) >= 11 is 0. The lowest BCUT2D eigenvalue weighted by Gasteiger charge is -2.37. The number of hydrogen-bond donors (Lipinski definition) is 2. The number of aryl methyl sites for hydroxylation is 2. The first-order valence-corrected chi connectivity index (χ1v) is 13.2. The lowest BCUT2D eigenvalue weighted by atomic mass is 9.93. The van der Waals surface area contributed by atoms with Crippen LogP contribution in [0, 0.1) is 19.8 Å². The highest BCUT2D eigenvalue weighted by Crippen LogP contribution is 2.28. The van der Waals surface area contributed by atoms with E-state index in [0.717, 1.165) is 29.5 Å². The topological polar surface area (TPSA) is 87.7 Å². The molecule has 0 aliphatic carbocycles. The Morgan fingerprint density at radius 1 is 1.03 bits per heavy atom. The van der Waals surface area contributed by atoms with Gasteiger partial charge in [0.05, 0.1) is 0 Å². The maximum absolute atomic E-state index is 14.2. The van der Waals surface area contributed by atoms with E-state index in [1.165, 1.54) is 0 Å². The number of carbonyl (C=O) groups excluding carboxylic acids is 3. The summed E-state index contributed by atoms with van der Waals surface area (Å²) in [5, 5.41) is 5.89. The van der Waals surface area contributed by atoms with Gasteiger partial charge in [-0.15, -0.1) is 0 Å². The fraction of sp³-hybridized carbons (Fsp3) is 0.690. The molecule has 7 heteroatoms. The van der Waals surface area contributed by atoms with Crippen molar-refractivity contribution in [1.82, 2.24) is 15.5 Å². The second-order valence-electron chi connectivity index (χ2n) is 11.9. The van der Waals surface area contributed by atoms with Gasteiger partial charge in [0.15, 0.2) is 0 Å². The molecule has 0 aliphatic heterocycles. The van der Waals surface area contributed by atoms with Crippen molar-refractivity contribution < 1.29 is 19.1 Å². The van der Waals surface area contributed by atoms with Gasteiger partial charge in [-0.2, -0.15) is 0 Å². The van der Waals surface area contributed by atoms with Crippen molar-refractivity contribution >= 4 is 17.9 Å². The summed E-state index contributed by atoms with van der Waals surface area (Å²) in [5.74, 6) is -0.670. The first-order valence-electron chi connectivity index (χ1n) is 13.2. The summed E-state index contributed by atoms with van der Waals surface area (Å²) in [6.07, 6.45) is 1.63. The predicted octanol–water partition coefficient (Wildman–Crippen LogP) is 5.83. The molecule has 0 saturated heterocycles. The molecular formula is C29H49N3O4. The fourth-order valence-corrected chi connectivity index (χ4v) is 4.01. The van der Waals surface area contributed by atoms with Gasteiger partial charge in [-0.25, -0.2) is 4.79 Å². The number of amides is 3. The third kappa shape index (κ3) is 9.82. The molecule has 3 unspecified atom stereocenters. The van der Waals surface area contributed by atoms with Gasteiger partial charge < -0.3 is 20.3 Å². The molecule has 204 valence electrons. The number of nitrogens with one attached hydrogen (secondary N) is 2. The summed E-state index contributed by atoms with van der Waals surface area (Å²) in [6.45, 7) is 21.5. The molecule has 0 heterocycles. The first kappa shape index (κ1) is 31.5. The van der Waals surface area contributed by atoms with E-state index in [-0.39, 0.29) is 17.7 Å². The predicted molar refractivity (Wildman–Crippen MR) is 146 cm³/mol. The van der Waals surface area contributed by atoms with Crippen molar-refractivity contribution in [2.24, 2.45) is 5.92 Å². The summed E-state index contributed by atoms with van der Waals surface area (Å²) in [5.41, 5.74) is 1.65. The molecule has 3 amide bonds. The van der Waals surface area contributed by atoms with Crippen LogP contribution in [0.5, 0.6) is 0 Å². The lowest BCUT2D eigenvalue weighted by molar-refractivity contribution is -0.144. The molecule has 0 aliphatic rings. The van der Waals surface area contributed by atoms with Gasteiger partial charge in [-0.1, -0.05) is 57.4 Å². The van der Waals surface area contributed by atoms with E-state index < -0.39 is 29.3 Å². The Morgan fingerprint density at radius 2 is 1.64 bits per heavy atom. The standard InChI is InChI=1S/C29H49N3O4/c1-12-14-17-32(26(34)23(20(4)13-2)30-27(35)36-29(9,10)11)24(25(33)31-28(6,7)8)22-16-15-19(3)18-21(22)5/h15-16,18,20,23-24H,12-14,17H2,1-11H3,(H,30,35)(H,31,33). The molecule has 1 rings (SSSR count). The first-order chi connectivity index (χ1) is 16.5. The van der Waals surface area contributed by atoms with Crippen LogP contribution in [0.1, 0.15) is 104 Å². The number of alkyl carbamates (subject to hydrolysis) is 1. The van der Waals surface area contributed by atoms with Crippen molar-refractivity contribution in [1.29, 1.82) is 0 Å². The van der Waals surface area contributed by atoms with Crippen LogP contribution in [-0.4, -0.2) is 46.5 Å². The van der Waals surface area contributed by atoms with Gasteiger partial charge in [0.1, 0.15) is 17.7 Å². The fourth-order valence-electron chi connectivity index (χ4n) is 4.01. The minimum atomic E-state index is -0.823. The second-order valence-corrected chi connectivity index (χ2v) is 11.9. The van der Waals surface area contributed by atoms with Gasteiger partial charge in [-0.05, 0) is 78.9 Å². The third-order valence-electron chi connectivity index (χ3n) is 5.97. The monoisotopic (exact) mass is 503 g/mol. The molecule has 0 bridgehead atoms. The SMILES string of the molecule is CCCCN(C(=O)C(NC(=O)OC(C)(C)C)C(C)CC)C(C(=O)NC(C)(C)C)c1ccc(C)cc1C. The average Bonchev–Trinajstić information content (AvgIpc) is 2.72. The molecular weight excluding hydrogens is 454 g/mol. The summed E-state index contributed by atoms with van der Waals surface area (Å²) in [6, 6.07) is 4.28. The smallest absolute Gasteiger partial charge is 0.408 e. The van der Waals surface area contributed by atoms with Crippen LogP contribution in [0.15, 0.2) is 18.2 Å². The highest BCUT2D eigenvalue weighted by Gasteiger charge is 2.39. The van der Waals surface area contributed by atoms with Gasteiger partial charge >= 0.3 is 6.09 Å². The van der Waals surface area contributed by atoms with E-state index in [1.54, 1.807) is 25.7 Å². The molecule has 1 aromatic rings. The second kappa shape index (κ2) is 13.1. The van der Waals surface area contributed by atoms with Crippen LogP contribution in [0.25, 0.3) is 0 Å². The Bertz CT molecular complexity index is 899. The van der Waals surface area contributed by atoms with Crippen molar-refractivity contribution in [2.75, 3.05) is 6.54 Å². The van der Waals surface area contributed by atoms with E-state index in [9.17, 15) is 14.4 Å². The van der Waals surface area contributed by atoms with E-state index in [4.69, 9.17) is 4.74 Å². The number of carbonyl (C=O) groups is 3. The van der Waals surface area contributed by atoms with Crippen LogP contribution in [0.3, 0.4) is 0 Å². The van der Waals surface area contributed by atoms with Gasteiger partial charge in [0, 0.05) is 12.1 Å². The average molecular weight is 504 g/mol. The molecule has 3 atom stereocenters. The normalized spacial score (nSPS) is 14.4. The third-order valence-corrected chi connectivity index (χ3v) is 5.97. The lowest BCUT2D eigenvalue weighted by Crippen LogP contribution is -2.56. The maximum atomic E-state index is 14.2.